The highest BCUT2D eigenvalue weighted by atomic mass is 35.5. The second-order valence-corrected chi connectivity index (χ2v) is 6.01. The van der Waals surface area contributed by atoms with Gasteiger partial charge in [-0.2, -0.15) is 0 Å². The van der Waals surface area contributed by atoms with Gasteiger partial charge in [-0.3, -0.25) is 4.98 Å². The van der Waals surface area contributed by atoms with Crippen molar-refractivity contribution < 1.29 is 19.0 Å². The van der Waals surface area contributed by atoms with Gasteiger partial charge >= 0.3 is 5.97 Å². The number of aliphatic imine (C=N–C) groups is 1. The average molecular weight is 393 g/mol. The molecule has 0 saturated carbocycles. The van der Waals surface area contributed by atoms with Crippen LogP contribution in [0.2, 0.25) is 10.0 Å². The first-order valence-electron chi connectivity index (χ1n) is 7.66. The van der Waals surface area contributed by atoms with Gasteiger partial charge in [0.2, 0.25) is 5.90 Å². The van der Waals surface area contributed by atoms with Crippen molar-refractivity contribution in [3.63, 3.8) is 0 Å². The number of esters is 1. The zero-order valence-electron chi connectivity index (χ0n) is 14.0. The molecule has 0 radical (unpaired) electrons. The lowest BCUT2D eigenvalue weighted by atomic mass is 10.1. The summed E-state index contributed by atoms with van der Waals surface area (Å²) in [7, 11) is 1.51. The lowest BCUT2D eigenvalue weighted by Crippen LogP contribution is -2.07. The van der Waals surface area contributed by atoms with Gasteiger partial charge < -0.3 is 14.2 Å². The summed E-state index contributed by atoms with van der Waals surface area (Å²) in [5.74, 6) is 0.400. The van der Waals surface area contributed by atoms with E-state index in [-0.39, 0.29) is 11.6 Å². The van der Waals surface area contributed by atoms with Crippen molar-refractivity contribution in [1.82, 2.24) is 4.98 Å². The molecule has 2 heterocycles. The summed E-state index contributed by atoms with van der Waals surface area (Å²) in [5.41, 5.74) is 1.10. The topological polar surface area (TPSA) is 70.0 Å². The van der Waals surface area contributed by atoms with Crippen LogP contribution >= 0.6 is 23.2 Å². The fourth-order valence-electron chi connectivity index (χ4n) is 2.31. The number of hydrogen-bond donors (Lipinski definition) is 0. The minimum absolute atomic E-state index is 0.0905. The number of benzene rings is 1. The molecule has 26 heavy (non-hydrogen) atoms. The number of aromatic nitrogens is 1. The Bertz CT molecular complexity index is 925. The summed E-state index contributed by atoms with van der Waals surface area (Å²) in [6.45, 7) is 2.30. The third kappa shape index (κ3) is 3.81. The number of nitrogens with zero attached hydrogens (tertiary/aromatic N) is 2. The number of carbonyl (C=O) groups excluding carboxylic acids is 1. The van der Waals surface area contributed by atoms with Crippen LogP contribution in [0.1, 0.15) is 18.2 Å². The number of methoxy groups -OCH3 is 1. The highest BCUT2D eigenvalue weighted by Crippen LogP contribution is 2.37. The van der Waals surface area contributed by atoms with Gasteiger partial charge in [0, 0.05) is 11.2 Å². The molecular formula is C18H14Cl2N2O4. The zero-order valence-corrected chi connectivity index (χ0v) is 15.5. The summed E-state index contributed by atoms with van der Waals surface area (Å²) in [5, 5.41) is 0.833. The van der Waals surface area contributed by atoms with Gasteiger partial charge in [0.05, 0.1) is 18.7 Å². The molecule has 0 atom stereocenters. The molecule has 3 rings (SSSR count). The number of cyclic esters (lactones) is 1. The highest BCUT2D eigenvalue weighted by molar-refractivity contribution is 6.32. The number of pyridine rings is 1. The fraction of sp³-hybridized carbons (Fsp3) is 0.167. The van der Waals surface area contributed by atoms with Crippen molar-refractivity contribution >= 4 is 41.1 Å². The van der Waals surface area contributed by atoms with Crippen LogP contribution in [-0.2, 0) is 9.53 Å². The molecule has 0 amide bonds. The van der Waals surface area contributed by atoms with E-state index in [9.17, 15) is 4.79 Å². The summed E-state index contributed by atoms with van der Waals surface area (Å²) in [4.78, 5) is 20.4. The van der Waals surface area contributed by atoms with Gasteiger partial charge in [0.1, 0.15) is 5.69 Å². The molecule has 0 spiro atoms. The van der Waals surface area contributed by atoms with Crippen LogP contribution < -0.4 is 9.47 Å². The molecule has 0 saturated heterocycles. The first-order valence-corrected chi connectivity index (χ1v) is 8.42. The molecule has 1 aliphatic heterocycles. The maximum atomic E-state index is 12.1. The smallest absolute Gasteiger partial charge is 0.363 e. The Morgan fingerprint density at radius 1 is 1.27 bits per heavy atom. The van der Waals surface area contributed by atoms with Crippen LogP contribution in [0.25, 0.3) is 6.08 Å². The van der Waals surface area contributed by atoms with Crippen molar-refractivity contribution in [3.05, 3.63) is 57.5 Å². The number of ether oxygens (including phenoxy) is 3. The van der Waals surface area contributed by atoms with E-state index >= 15 is 0 Å². The molecular weight excluding hydrogens is 379 g/mol. The molecule has 0 N–H and O–H groups in total. The molecule has 1 aliphatic rings. The van der Waals surface area contributed by atoms with E-state index in [1.807, 2.05) is 6.92 Å². The van der Waals surface area contributed by atoms with Crippen LogP contribution in [0.15, 0.2) is 41.2 Å². The van der Waals surface area contributed by atoms with Crippen molar-refractivity contribution in [1.29, 1.82) is 0 Å². The molecule has 134 valence electrons. The van der Waals surface area contributed by atoms with Crippen LogP contribution in [0.4, 0.5) is 0 Å². The largest absolute Gasteiger partial charge is 0.493 e. The monoisotopic (exact) mass is 392 g/mol. The van der Waals surface area contributed by atoms with Gasteiger partial charge in [0.15, 0.2) is 17.2 Å². The summed E-state index contributed by atoms with van der Waals surface area (Å²) >= 11 is 12.2. The van der Waals surface area contributed by atoms with Gasteiger partial charge in [-0.15, -0.1) is 0 Å². The third-order valence-electron chi connectivity index (χ3n) is 3.41. The van der Waals surface area contributed by atoms with E-state index in [0.717, 1.165) is 0 Å². The maximum Gasteiger partial charge on any atom is 0.363 e. The van der Waals surface area contributed by atoms with Crippen molar-refractivity contribution in [2.45, 2.75) is 6.92 Å². The van der Waals surface area contributed by atoms with Gasteiger partial charge in [-0.25, -0.2) is 9.79 Å². The van der Waals surface area contributed by atoms with E-state index in [4.69, 9.17) is 37.4 Å². The van der Waals surface area contributed by atoms with Crippen LogP contribution in [0, 0.1) is 0 Å². The Hall–Kier alpha value is -2.57. The number of halogens is 2. The standard InChI is InChI=1S/C18H14Cl2N2O4/c1-3-25-16-12(20)6-10(8-15(16)24-2)7-14-18(23)26-17(22-14)13-9-11(19)4-5-21-13/h4-9H,3H2,1-2H3/b14-7-. The average Bonchev–Trinajstić information content (AvgIpc) is 2.98. The molecule has 6 nitrogen and oxygen atoms in total. The van der Waals surface area contributed by atoms with Crippen LogP contribution in [0.5, 0.6) is 11.5 Å². The van der Waals surface area contributed by atoms with Gasteiger partial charge in [0.25, 0.3) is 0 Å². The fourth-order valence-corrected chi connectivity index (χ4v) is 2.74. The quantitative estimate of drug-likeness (QED) is 0.564. The molecule has 0 unspecified atom stereocenters. The summed E-state index contributed by atoms with van der Waals surface area (Å²) in [6.07, 6.45) is 3.05. The normalized spacial score (nSPS) is 15.0. The summed E-state index contributed by atoms with van der Waals surface area (Å²) < 4.78 is 15.9. The SMILES string of the molecule is CCOc1c(Cl)cc(/C=C2\N=C(c3cc(Cl)ccn3)OC2=O)cc1OC. The minimum atomic E-state index is -0.592. The Morgan fingerprint density at radius 3 is 2.77 bits per heavy atom. The highest BCUT2D eigenvalue weighted by Gasteiger charge is 2.25. The lowest BCUT2D eigenvalue weighted by molar-refractivity contribution is -0.129. The van der Waals surface area contributed by atoms with E-state index in [1.165, 1.54) is 13.3 Å². The Labute approximate surface area is 160 Å². The van der Waals surface area contributed by atoms with Crippen molar-refractivity contribution in [2.75, 3.05) is 13.7 Å². The van der Waals surface area contributed by atoms with Crippen molar-refractivity contribution in [3.8, 4) is 11.5 Å². The minimum Gasteiger partial charge on any atom is -0.493 e. The van der Waals surface area contributed by atoms with Crippen LogP contribution in [0.3, 0.4) is 0 Å². The maximum absolute atomic E-state index is 12.1. The van der Waals surface area contributed by atoms with Gasteiger partial charge in [-0.05, 0) is 42.8 Å². The number of carbonyl (C=O) groups is 1. The predicted molar refractivity (Wildman–Crippen MR) is 99.0 cm³/mol. The van der Waals surface area contributed by atoms with Crippen molar-refractivity contribution in [2.24, 2.45) is 4.99 Å². The Kier molecular flexibility index (Phi) is 5.44. The third-order valence-corrected chi connectivity index (χ3v) is 3.92. The first-order chi connectivity index (χ1) is 12.5. The molecule has 8 heteroatoms. The Balaban J connectivity index is 1.97. The second-order valence-electron chi connectivity index (χ2n) is 5.16. The van der Waals surface area contributed by atoms with E-state index in [0.29, 0.717) is 39.4 Å². The second kappa shape index (κ2) is 7.76. The summed E-state index contributed by atoms with van der Waals surface area (Å²) in [6, 6.07) is 6.53. The lowest BCUT2D eigenvalue weighted by Gasteiger charge is -2.11. The Morgan fingerprint density at radius 2 is 2.08 bits per heavy atom. The molecule has 0 bridgehead atoms. The molecule has 0 aliphatic carbocycles. The van der Waals surface area contributed by atoms with E-state index in [1.54, 1.807) is 30.3 Å². The number of rotatable bonds is 5. The zero-order chi connectivity index (χ0) is 18.7. The predicted octanol–water partition coefficient (Wildman–Crippen LogP) is 4.14. The molecule has 2 aromatic rings. The van der Waals surface area contributed by atoms with Gasteiger partial charge in [-0.1, -0.05) is 23.2 Å². The molecule has 1 aromatic heterocycles. The molecule has 0 fully saturated rings. The molecule has 1 aromatic carbocycles. The van der Waals surface area contributed by atoms with E-state index in [2.05, 4.69) is 9.98 Å². The van der Waals surface area contributed by atoms with Crippen LogP contribution in [-0.4, -0.2) is 30.6 Å². The first kappa shape index (κ1) is 18.2. The van der Waals surface area contributed by atoms with E-state index < -0.39 is 5.97 Å². The number of hydrogen-bond acceptors (Lipinski definition) is 6.